The van der Waals surface area contributed by atoms with Gasteiger partial charge in [0.15, 0.2) is 5.75 Å². The molecule has 2 heterocycles. The third-order valence-corrected chi connectivity index (χ3v) is 3.83. The Balaban J connectivity index is 0.00000161. The normalized spacial score (nSPS) is 10.4. The summed E-state index contributed by atoms with van der Waals surface area (Å²) in [5.74, 6) is 0.807. The van der Waals surface area contributed by atoms with Gasteiger partial charge in [-0.05, 0) is 37.5 Å². The number of benzene rings is 1. The maximum Gasteiger partial charge on any atom is 0.162 e. The Morgan fingerprint density at radius 1 is 1.10 bits per heavy atom. The van der Waals surface area contributed by atoms with E-state index in [4.69, 9.17) is 4.74 Å². The minimum Gasteiger partial charge on any atom is -0.485 e. The van der Waals surface area contributed by atoms with E-state index in [-0.39, 0.29) is 12.4 Å². The van der Waals surface area contributed by atoms with Crippen molar-refractivity contribution in [3.05, 3.63) is 59.0 Å². The van der Waals surface area contributed by atoms with Crippen molar-refractivity contribution in [2.75, 3.05) is 0 Å². The fourth-order valence-corrected chi connectivity index (χ4v) is 2.37. The van der Waals surface area contributed by atoms with Gasteiger partial charge in [-0.3, -0.25) is 4.98 Å². The van der Waals surface area contributed by atoms with Crippen LogP contribution >= 0.6 is 12.4 Å². The first-order valence-electron chi connectivity index (χ1n) is 6.77. The minimum atomic E-state index is 0. The molecule has 0 spiro atoms. The standard InChI is InChI=1S/C17H18N2O.ClH/c1-11-6-4-5-7-14(11)10-20-16-9-18-8-15-12(2)13(3)19-17(15)16;/h4-9,19H,10H2,1-3H3;1H. The number of nitrogens with one attached hydrogen (secondary N) is 1. The zero-order chi connectivity index (χ0) is 14.1. The molecule has 1 N–H and O–H groups in total. The molecule has 3 nitrogen and oxygen atoms in total. The Kier molecular flexibility index (Phi) is 4.53. The highest BCUT2D eigenvalue weighted by Gasteiger charge is 2.10. The van der Waals surface area contributed by atoms with Crippen LogP contribution in [0.1, 0.15) is 22.4 Å². The van der Waals surface area contributed by atoms with Gasteiger partial charge in [0.05, 0.1) is 11.7 Å². The predicted octanol–water partition coefficient (Wildman–Crippen LogP) is 4.49. The predicted molar refractivity (Wildman–Crippen MR) is 88.3 cm³/mol. The van der Waals surface area contributed by atoms with E-state index in [2.05, 4.69) is 42.9 Å². The molecular weight excluding hydrogens is 284 g/mol. The number of hydrogen-bond acceptors (Lipinski definition) is 2. The lowest BCUT2D eigenvalue weighted by atomic mass is 10.1. The summed E-state index contributed by atoms with van der Waals surface area (Å²) in [5, 5.41) is 1.13. The van der Waals surface area contributed by atoms with Crippen molar-refractivity contribution in [1.82, 2.24) is 9.97 Å². The average Bonchev–Trinajstić information content (AvgIpc) is 2.74. The summed E-state index contributed by atoms with van der Waals surface area (Å²) in [6.45, 7) is 6.83. The molecular formula is C17H19ClN2O. The molecule has 0 radical (unpaired) electrons. The van der Waals surface area contributed by atoms with E-state index in [1.54, 1.807) is 6.20 Å². The van der Waals surface area contributed by atoms with Crippen LogP contribution in [0, 0.1) is 20.8 Å². The number of fused-ring (bicyclic) bond motifs is 1. The molecule has 110 valence electrons. The summed E-state index contributed by atoms with van der Waals surface area (Å²) >= 11 is 0. The topological polar surface area (TPSA) is 37.9 Å². The molecule has 0 atom stereocenters. The van der Waals surface area contributed by atoms with Gasteiger partial charge in [-0.1, -0.05) is 24.3 Å². The van der Waals surface area contributed by atoms with Crippen LogP contribution in [-0.4, -0.2) is 9.97 Å². The number of H-pyrrole nitrogens is 1. The molecule has 0 unspecified atom stereocenters. The Labute approximate surface area is 130 Å². The van der Waals surface area contributed by atoms with E-state index in [9.17, 15) is 0 Å². The van der Waals surface area contributed by atoms with Crippen LogP contribution in [-0.2, 0) is 6.61 Å². The summed E-state index contributed by atoms with van der Waals surface area (Å²) in [4.78, 5) is 7.66. The maximum atomic E-state index is 5.96. The summed E-state index contributed by atoms with van der Waals surface area (Å²) < 4.78 is 5.96. The quantitative estimate of drug-likeness (QED) is 0.774. The van der Waals surface area contributed by atoms with Crippen LogP contribution < -0.4 is 4.74 Å². The van der Waals surface area contributed by atoms with Crippen molar-refractivity contribution in [2.24, 2.45) is 0 Å². The van der Waals surface area contributed by atoms with Gasteiger partial charge in [0.25, 0.3) is 0 Å². The van der Waals surface area contributed by atoms with Crippen LogP contribution in [0.2, 0.25) is 0 Å². The maximum absolute atomic E-state index is 5.96. The number of aromatic nitrogens is 2. The second-order valence-corrected chi connectivity index (χ2v) is 5.15. The van der Waals surface area contributed by atoms with Crippen LogP contribution in [0.25, 0.3) is 10.9 Å². The molecule has 0 bridgehead atoms. The van der Waals surface area contributed by atoms with Crippen molar-refractivity contribution in [2.45, 2.75) is 27.4 Å². The molecule has 4 heteroatoms. The molecule has 3 aromatic rings. The third-order valence-electron chi connectivity index (χ3n) is 3.83. The van der Waals surface area contributed by atoms with Crippen molar-refractivity contribution >= 4 is 23.3 Å². The highest BCUT2D eigenvalue weighted by Crippen LogP contribution is 2.28. The molecule has 0 aliphatic heterocycles. The highest BCUT2D eigenvalue weighted by atomic mass is 35.5. The fourth-order valence-electron chi connectivity index (χ4n) is 2.37. The molecule has 0 aliphatic rings. The number of aryl methyl sites for hydroxylation is 3. The third kappa shape index (κ3) is 2.88. The van der Waals surface area contributed by atoms with Gasteiger partial charge in [0, 0.05) is 17.3 Å². The van der Waals surface area contributed by atoms with Gasteiger partial charge in [-0.15, -0.1) is 12.4 Å². The average molecular weight is 303 g/mol. The van der Waals surface area contributed by atoms with E-state index in [0.717, 1.165) is 22.3 Å². The molecule has 21 heavy (non-hydrogen) atoms. The van der Waals surface area contributed by atoms with Gasteiger partial charge in [-0.2, -0.15) is 0 Å². The van der Waals surface area contributed by atoms with Gasteiger partial charge >= 0.3 is 0 Å². The number of ether oxygens (including phenoxy) is 1. The van der Waals surface area contributed by atoms with E-state index in [1.807, 2.05) is 18.3 Å². The number of pyridine rings is 1. The highest BCUT2D eigenvalue weighted by molar-refractivity contribution is 5.88. The second kappa shape index (κ2) is 6.19. The number of aromatic amines is 1. The van der Waals surface area contributed by atoms with E-state index in [0.29, 0.717) is 6.61 Å². The van der Waals surface area contributed by atoms with Crippen molar-refractivity contribution < 1.29 is 4.74 Å². The number of halogens is 1. The Bertz CT molecular complexity index is 765. The Morgan fingerprint density at radius 2 is 1.86 bits per heavy atom. The van der Waals surface area contributed by atoms with Crippen molar-refractivity contribution in [3.8, 4) is 5.75 Å². The second-order valence-electron chi connectivity index (χ2n) is 5.15. The van der Waals surface area contributed by atoms with Crippen LogP contribution in [0.3, 0.4) is 0 Å². The Morgan fingerprint density at radius 3 is 2.62 bits per heavy atom. The summed E-state index contributed by atoms with van der Waals surface area (Å²) in [6, 6.07) is 8.26. The lowest BCUT2D eigenvalue weighted by molar-refractivity contribution is 0.307. The van der Waals surface area contributed by atoms with Crippen LogP contribution in [0.15, 0.2) is 36.7 Å². The molecule has 0 saturated carbocycles. The number of rotatable bonds is 3. The number of hydrogen-bond donors (Lipinski definition) is 1. The molecule has 0 fully saturated rings. The molecule has 3 rings (SSSR count). The van der Waals surface area contributed by atoms with Gasteiger partial charge < -0.3 is 9.72 Å². The first-order chi connectivity index (χ1) is 9.66. The van der Waals surface area contributed by atoms with Crippen LogP contribution in [0.5, 0.6) is 5.75 Å². The van der Waals surface area contributed by atoms with Gasteiger partial charge in [0.1, 0.15) is 6.61 Å². The minimum absolute atomic E-state index is 0. The lowest BCUT2D eigenvalue weighted by Crippen LogP contribution is -1.98. The first kappa shape index (κ1) is 15.4. The summed E-state index contributed by atoms with van der Waals surface area (Å²) in [7, 11) is 0. The van der Waals surface area contributed by atoms with Gasteiger partial charge in [0.2, 0.25) is 0 Å². The van der Waals surface area contributed by atoms with Crippen molar-refractivity contribution in [3.63, 3.8) is 0 Å². The van der Waals surface area contributed by atoms with E-state index < -0.39 is 0 Å². The number of nitrogens with zero attached hydrogens (tertiary/aromatic N) is 1. The largest absolute Gasteiger partial charge is 0.485 e. The van der Waals surface area contributed by atoms with E-state index in [1.165, 1.54) is 16.7 Å². The molecule has 0 amide bonds. The van der Waals surface area contributed by atoms with Crippen molar-refractivity contribution in [1.29, 1.82) is 0 Å². The molecule has 2 aromatic heterocycles. The summed E-state index contributed by atoms with van der Waals surface area (Å²) in [5.41, 5.74) is 5.86. The fraction of sp³-hybridized carbons (Fsp3) is 0.235. The monoisotopic (exact) mass is 302 g/mol. The molecule has 0 saturated heterocycles. The van der Waals surface area contributed by atoms with E-state index >= 15 is 0 Å². The SMILES string of the molecule is Cc1ccccc1COc1cncc2c(C)c(C)[nH]c12.Cl. The van der Waals surface area contributed by atoms with Crippen LogP contribution in [0.4, 0.5) is 0 Å². The zero-order valence-electron chi connectivity index (χ0n) is 12.4. The smallest absolute Gasteiger partial charge is 0.162 e. The Hall–Kier alpha value is -2.00. The molecule has 1 aromatic carbocycles. The van der Waals surface area contributed by atoms with Gasteiger partial charge in [-0.25, -0.2) is 0 Å². The summed E-state index contributed by atoms with van der Waals surface area (Å²) in [6.07, 6.45) is 3.66. The first-order valence-corrected chi connectivity index (χ1v) is 6.77. The lowest BCUT2D eigenvalue weighted by Gasteiger charge is -2.09. The molecule has 0 aliphatic carbocycles. The zero-order valence-corrected chi connectivity index (χ0v) is 13.3.